The number of ether oxygens (including phenoxy) is 2. The topological polar surface area (TPSA) is 42.0 Å². The number of halogens is 3. The SMILES string of the molecule is COCC(=O)N1CCN(Cc2ccc(OC(F)F)c(Cl)c2)CC1. The second-order valence-corrected chi connectivity index (χ2v) is 5.64. The Balaban J connectivity index is 1.87. The van der Waals surface area contributed by atoms with Crippen molar-refractivity contribution in [3.05, 3.63) is 28.8 Å². The molecule has 1 fully saturated rings. The molecule has 23 heavy (non-hydrogen) atoms. The minimum Gasteiger partial charge on any atom is -0.433 e. The molecule has 1 saturated heterocycles. The van der Waals surface area contributed by atoms with Crippen LogP contribution in [0.4, 0.5) is 8.78 Å². The molecule has 1 aromatic carbocycles. The van der Waals surface area contributed by atoms with Crippen LogP contribution in [-0.4, -0.2) is 62.2 Å². The van der Waals surface area contributed by atoms with E-state index in [1.165, 1.54) is 13.2 Å². The third-order valence-corrected chi connectivity index (χ3v) is 3.91. The molecule has 1 aromatic rings. The fraction of sp³-hybridized carbons (Fsp3) is 0.533. The Morgan fingerprint density at radius 3 is 2.57 bits per heavy atom. The fourth-order valence-electron chi connectivity index (χ4n) is 2.46. The maximum atomic E-state index is 12.2. The summed E-state index contributed by atoms with van der Waals surface area (Å²) in [6, 6.07) is 4.79. The summed E-state index contributed by atoms with van der Waals surface area (Å²) in [7, 11) is 1.50. The van der Waals surface area contributed by atoms with Crippen LogP contribution in [0.15, 0.2) is 18.2 Å². The van der Waals surface area contributed by atoms with Crippen molar-refractivity contribution in [1.82, 2.24) is 9.80 Å². The highest BCUT2D eigenvalue weighted by atomic mass is 35.5. The molecule has 0 unspecified atom stereocenters. The van der Waals surface area contributed by atoms with E-state index in [1.54, 1.807) is 17.0 Å². The highest BCUT2D eigenvalue weighted by Crippen LogP contribution is 2.27. The molecule has 0 atom stereocenters. The number of alkyl halides is 2. The Morgan fingerprint density at radius 1 is 1.30 bits per heavy atom. The molecular weight excluding hydrogens is 330 g/mol. The van der Waals surface area contributed by atoms with E-state index in [4.69, 9.17) is 16.3 Å². The van der Waals surface area contributed by atoms with E-state index >= 15 is 0 Å². The molecule has 8 heteroatoms. The molecule has 1 aliphatic rings. The highest BCUT2D eigenvalue weighted by Gasteiger charge is 2.21. The van der Waals surface area contributed by atoms with E-state index in [0.29, 0.717) is 19.6 Å². The quantitative estimate of drug-likeness (QED) is 0.790. The zero-order valence-electron chi connectivity index (χ0n) is 12.8. The zero-order chi connectivity index (χ0) is 16.8. The Labute approximate surface area is 138 Å². The summed E-state index contributed by atoms with van der Waals surface area (Å²) in [5.41, 5.74) is 0.910. The summed E-state index contributed by atoms with van der Waals surface area (Å²) in [4.78, 5) is 15.7. The minimum absolute atomic E-state index is 0.0105. The zero-order valence-corrected chi connectivity index (χ0v) is 13.6. The molecule has 1 amide bonds. The van der Waals surface area contributed by atoms with Crippen LogP contribution < -0.4 is 4.74 Å². The first-order valence-corrected chi connectivity index (χ1v) is 7.59. The summed E-state index contributed by atoms with van der Waals surface area (Å²) in [5, 5.41) is 0.164. The number of hydrogen-bond acceptors (Lipinski definition) is 4. The smallest absolute Gasteiger partial charge is 0.387 e. The first-order chi connectivity index (χ1) is 11.0. The second-order valence-electron chi connectivity index (χ2n) is 5.23. The van der Waals surface area contributed by atoms with Crippen molar-refractivity contribution in [3.8, 4) is 5.75 Å². The van der Waals surface area contributed by atoms with Crippen LogP contribution in [0.2, 0.25) is 5.02 Å². The van der Waals surface area contributed by atoms with Crippen LogP contribution >= 0.6 is 11.6 Å². The van der Waals surface area contributed by atoms with Crippen molar-refractivity contribution in [2.75, 3.05) is 39.9 Å². The van der Waals surface area contributed by atoms with Crippen LogP contribution in [0.1, 0.15) is 5.56 Å². The number of hydrogen-bond donors (Lipinski definition) is 0. The van der Waals surface area contributed by atoms with E-state index in [2.05, 4.69) is 9.64 Å². The summed E-state index contributed by atoms with van der Waals surface area (Å²) in [6.07, 6.45) is 0. The molecule has 0 bridgehead atoms. The van der Waals surface area contributed by atoms with Crippen molar-refractivity contribution in [2.45, 2.75) is 13.2 Å². The van der Waals surface area contributed by atoms with Gasteiger partial charge in [-0.25, -0.2) is 0 Å². The van der Waals surface area contributed by atoms with Gasteiger partial charge in [0.2, 0.25) is 5.91 Å². The lowest BCUT2D eigenvalue weighted by Crippen LogP contribution is -2.49. The summed E-state index contributed by atoms with van der Waals surface area (Å²) in [5.74, 6) is -0.0379. The van der Waals surface area contributed by atoms with Crippen LogP contribution in [0.25, 0.3) is 0 Å². The Hall–Kier alpha value is -1.44. The third-order valence-electron chi connectivity index (χ3n) is 3.61. The van der Waals surface area contributed by atoms with E-state index in [-0.39, 0.29) is 23.3 Å². The van der Waals surface area contributed by atoms with Gasteiger partial charge in [-0.15, -0.1) is 0 Å². The molecule has 0 N–H and O–H groups in total. The highest BCUT2D eigenvalue weighted by molar-refractivity contribution is 6.32. The van der Waals surface area contributed by atoms with Crippen molar-refractivity contribution >= 4 is 17.5 Å². The number of rotatable bonds is 6. The lowest BCUT2D eigenvalue weighted by Gasteiger charge is -2.34. The number of carbonyl (C=O) groups is 1. The molecule has 2 rings (SSSR count). The van der Waals surface area contributed by atoms with E-state index in [1.807, 2.05) is 0 Å². The van der Waals surface area contributed by atoms with Crippen LogP contribution in [0.5, 0.6) is 5.75 Å². The molecular formula is C15H19ClF2N2O3. The monoisotopic (exact) mass is 348 g/mol. The van der Waals surface area contributed by atoms with Gasteiger partial charge in [-0.2, -0.15) is 8.78 Å². The molecule has 1 heterocycles. The number of carbonyl (C=O) groups excluding carboxylic acids is 1. The number of methoxy groups -OCH3 is 1. The maximum Gasteiger partial charge on any atom is 0.387 e. The van der Waals surface area contributed by atoms with Crippen molar-refractivity contribution < 1.29 is 23.0 Å². The predicted octanol–water partition coefficient (Wildman–Crippen LogP) is 2.23. The van der Waals surface area contributed by atoms with Gasteiger partial charge < -0.3 is 14.4 Å². The fourth-order valence-corrected chi connectivity index (χ4v) is 2.71. The van der Waals surface area contributed by atoms with Crippen molar-refractivity contribution in [1.29, 1.82) is 0 Å². The Morgan fingerprint density at radius 2 is 2.00 bits per heavy atom. The van der Waals surface area contributed by atoms with Gasteiger partial charge in [0.1, 0.15) is 12.4 Å². The van der Waals surface area contributed by atoms with Gasteiger partial charge in [0.15, 0.2) is 0 Å². The molecule has 1 aliphatic heterocycles. The third kappa shape index (κ3) is 5.30. The summed E-state index contributed by atoms with van der Waals surface area (Å²) in [6.45, 7) is 0.605. The molecule has 0 radical (unpaired) electrons. The van der Waals surface area contributed by atoms with Crippen LogP contribution in [-0.2, 0) is 16.1 Å². The van der Waals surface area contributed by atoms with Crippen LogP contribution in [0, 0.1) is 0 Å². The molecule has 0 aliphatic carbocycles. The lowest BCUT2D eigenvalue weighted by molar-refractivity contribution is -0.136. The minimum atomic E-state index is -2.89. The van der Waals surface area contributed by atoms with Gasteiger partial charge in [-0.1, -0.05) is 17.7 Å². The average Bonchev–Trinajstić information content (AvgIpc) is 2.50. The second kappa shape index (κ2) is 8.42. The Bertz CT molecular complexity index is 537. The summed E-state index contributed by atoms with van der Waals surface area (Å²) >= 11 is 5.95. The largest absolute Gasteiger partial charge is 0.433 e. The number of benzene rings is 1. The average molecular weight is 349 g/mol. The van der Waals surface area contributed by atoms with Gasteiger partial charge in [0, 0.05) is 39.8 Å². The molecule has 0 saturated carbocycles. The van der Waals surface area contributed by atoms with E-state index in [9.17, 15) is 13.6 Å². The maximum absolute atomic E-state index is 12.2. The van der Waals surface area contributed by atoms with E-state index < -0.39 is 6.61 Å². The number of nitrogens with zero attached hydrogens (tertiary/aromatic N) is 2. The normalized spacial score (nSPS) is 16.0. The molecule has 128 valence electrons. The predicted molar refractivity (Wildman–Crippen MR) is 81.8 cm³/mol. The number of piperazine rings is 1. The molecule has 0 aromatic heterocycles. The molecule has 5 nitrogen and oxygen atoms in total. The van der Waals surface area contributed by atoms with Crippen molar-refractivity contribution in [3.63, 3.8) is 0 Å². The van der Waals surface area contributed by atoms with Gasteiger partial charge in [0.25, 0.3) is 0 Å². The first kappa shape index (κ1) is 17.9. The lowest BCUT2D eigenvalue weighted by atomic mass is 10.2. The number of amides is 1. The van der Waals surface area contributed by atoms with Gasteiger partial charge in [0.05, 0.1) is 5.02 Å². The van der Waals surface area contributed by atoms with Gasteiger partial charge >= 0.3 is 6.61 Å². The standard InChI is InChI=1S/C15H19ClF2N2O3/c1-22-10-14(21)20-6-4-19(5-7-20)9-11-2-3-13(12(16)8-11)23-15(17)18/h2-3,8,15H,4-7,9-10H2,1H3. The van der Waals surface area contributed by atoms with Crippen LogP contribution in [0.3, 0.4) is 0 Å². The summed E-state index contributed by atoms with van der Waals surface area (Å²) < 4.78 is 33.6. The van der Waals surface area contributed by atoms with Crippen molar-refractivity contribution in [2.24, 2.45) is 0 Å². The Kier molecular flexibility index (Phi) is 6.56. The van der Waals surface area contributed by atoms with Gasteiger partial charge in [-0.3, -0.25) is 9.69 Å². The van der Waals surface area contributed by atoms with E-state index in [0.717, 1.165) is 18.7 Å². The first-order valence-electron chi connectivity index (χ1n) is 7.22. The van der Waals surface area contributed by atoms with Gasteiger partial charge in [-0.05, 0) is 17.7 Å². The molecule has 0 spiro atoms.